The number of amides is 1. The molecule has 168 valence electrons. The average Bonchev–Trinajstić information content (AvgIpc) is 2.79. The van der Waals surface area contributed by atoms with Crippen molar-refractivity contribution in [1.82, 2.24) is 9.62 Å². The van der Waals surface area contributed by atoms with Crippen LogP contribution in [-0.4, -0.2) is 59.0 Å². The molecule has 0 aliphatic carbocycles. The van der Waals surface area contributed by atoms with E-state index in [4.69, 9.17) is 0 Å². The fourth-order valence-corrected chi connectivity index (χ4v) is 5.27. The maximum Gasteiger partial charge on any atom is 0.255 e. The Morgan fingerprint density at radius 3 is 2.44 bits per heavy atom. The van der Waals surface area contributed by atoms with Crippen LogP contribution in [0.25, 0.3) is 10.8 Å². The summed E-state index contributed by atoms with van der Waals surface area (Å²) in [4.78, 5) is 17.5. The van der Waals surface area contributed by atoms with Gasteiger partial charge in [0.2, 0.25) is 10.0 Å². The highest BCUT2D eigenvalue weighted by Crippen LogP contribution is 2.29. The van der Waals surface area contributed by atoms with Crippen LogP contribution < -0.4 is 14.9 Å². The lowest BCUT2D eigenvalue weighted by Gasteiger charge is -2.35. The second-order valence-corrected chi connectivity index (χ2v) is 9.69. The molecule has 1 heterocycles. The van der Waals surface area contributed by atoms with E-state index >= 15 is 0 Å². The smallest absolute Gasteiger partial charge is 0.255 e. The van der Waals surface area contributed by atoms with Gasteiger partial charge in [-0.3, -0.25) is 4.79 Å². The number of fused-ring (bicyclic) bond motifs is 1. The Kier molecular flexibility index (Phi) is 6.45. The van der Waals surface area contributed by atoms with E-state index < -0.39 is 10.0 Å². The number of likely N-dealkylation sites (N-methyl/N-ethyl adjacent to an activating group) is 1. The molecule has 0 spiro atoms. The van der Waals surface area contributed by atoms with Crippen LogP contribution in [0.2, 0.25) is 0 Å². The van der Waals surface area contributed by atoms with Crippen LogP contribution in [0, 0.1) is 0 Å². The van der Waals surface area contributed by atoms with Gasteiger partial charge in [0, 0.05) is 49.4 Å². The second kappa shape index (κ2) is 9.28. The number of hydrogen-bond donors (Lipinski definition) is 2. The summed E-state index contributed by atoms with van der Waals surface area (Å²) >= 11 is 0. The van der Waals surface area contributed by atoms with Crippen molar-refractivity contribution in [1.29, 1.82) is 0 Å². The molecule has 0 atom stereocenters. The Balaban J connectivity index is 1.69. The summed E-state index contributed by atoms with van der Waals surface area (Å²) in [5.74, 6) is -0.348. The Bertz CT molecular complexity index is 1230. The number of sulfonamides is 1. The topological polar surface area (TPSA) is 81.7 Å². The van der Waals surface area contributed by atoms with Crippen molar-refractivity contribution in [2.24, 2.45) is 0 Å². The van der Waals surface area contributed by atoms with E-state index in [0.717, 1.165) is 37.0 Å². The van der Waals surface area contributed by atoms with Crippen LogP contribution in [-0.2, 0) is 10.0 Å². The van der Waals surface area contributed by atoms with Crippen molar-refractivity contribution in [3.05, 3.63) is 66.2 Å². The molecule has 1 aliphatic rings. The molecule has 7 nitrogen and oxygen atoms in total. The molecule has 0 aromatic heterocycles. The first-order chi connectivity index (χ1) is 15.4. The molecule has 0 radical (unpaired) electrons. The SMILES string of the molecule is CCNS(=O)(=O)c1cc(C(=O)Nc2cccc3ccccc23)ccc1N1CCN(C)CC1. The molecule has 0 bridgehead atoms. The zero-order chi connectivity index (χ0) is 22.7. The minimum Gasteiger partial charge on any atom is -0.368 e. The van der Waals surface area contributed by atoms with Gasteiger partial charge >= 0.3 is 0 Å². The maximum atomic E-state index is 13.1. The molecule has 0 saturated carbocycles. The summed E-state index contributed by atoms with van der Waals surface area (Å²) in [6.45, 7) is 5.18. The monoisotopic (exact) mass is 452 g/mol. The van der Waals surface area contributed by atoms with Gasteiger partial charge in [-0.25, -0.2) is 13.1 Å². The number of piperazine rings is 1. The van der Waals surface area contributed by atoms with Crippen molar-refractivity contribution in [2.45, 2.75) is 11.8 Å². The van der Waals surface area contributed by atoms with Crippen molar-refractivity contribution in [3.8, 4) is 0 Å². The van der Waals surface area contributed by atoms with Gasteiger partial charge in [-0.1, -0.05) is 43.3 Å². The number of rotatable bonds is 6. The minimum atomic E-state index is -3.75. The Labute approximate surface area is 189 Å². The van der Waals surface area contributed by atoms with E-state index in [1.54, 1.807) is 19.1 Å². The molecule has 4 rings (SSSR count). The second-order valence-electron chi connectivity index (χ2n) is 7.95. The molecule has 3 aromatic carbocycles. The van der Waals surface area contributed by atoms with Gasteiger partial charge in [0.05, 0.1) is 5.69 Å². The number of nitrogens with zero attached hydrogens (tertiary/aromatic N) is 2. The van der Waals surface area contributed by atoms with Gasteiger partial charge < -0.3 is 15.1 Å². The maximum absolute atomic E-state index is 13.1. The first-order valence-electron chi connectivity index (χ1n) is 10.8. The Morgan fingerprint density at radius 1 is 0.969 bits per heavy atom. The molecular weight excluding hydrogens is 424 g/mol. The van der Waals surface area contributed by atoms with E-state index in [9.17, 15) is 13.2 Å². The summed E-state index contributed by atoms with van der Waals surface area (Å²) in [5, 5.41) is 4.89. The summed E-state index contributed by atoms with van der Waals surface area (Å²) in [7, 11) is -1.70. The number of hydrogen-bond acceptors (Lipinski definition) is 5. The molecule has 2 N–H and O–H groups in total. The highest BCUT2D eigenvalue weighted by atomic mass is 32.2. The van der Waals surface area contributed by atoms with Crippen molar-refractivity contribution < 1.29 is 13.2 Å². The van der Waals surface area contributed by atoms with Crippen LogP contribution in [0.1, 0.15) is 17.3 Å². The molecule has 1 amide bonds. The molecule has 1 aliphatic heterocycles. The van der Waals surface area contributed by atoms with E-state index in [-0.39, 0.29) is 17.3 Å². The van der Waals surface area contributed by atoms with Crippen LogP contribution in [0.5, 0.6) is 0 Å². The van der Waals surface area contributed by atoms with Gasteiger partial charge in [0.15, 0.2) is 0 Å². The standard InChI is InChI=1S/C24H28N4O3S/c1-3-25-32(30,31)23-17-19(11-12-22(23)28-15-13-27(2)14-16-28)24(29)26-21-10-6-8-18-7-4-5-9-20(18)21/h4-12,17,25H,3,13-16H2,1-2H3,(H,26,29). The Morgan fingerprint density at radius 2 is 1.69 bits per heavy atom. The molecule has 8 heteroatoms. The van der Waals surface area contributed by atoms with Gasteiger partial charge in [-0.05, 0) is 36.7 Å². The molecule has 32 heavy (non-hydrogen) atoms. The third-order valence-corrected chi connectivity index (χ3v) is 7.30. The Hall–Kier alpha value is -2.94. The van der Waals surface area contributed by atoms with Crippen LogP contribution >= 0.6 is 0 Å². The molecule has 1 fully saturated rings. The number of carbonyl (C=O) groups is 1. The number of benzene rings is 3. The fourth-order valence-electron chi connectivity index (χ4n) is 3.98. The summed E-state index contributed by atoms with van der Waals surface area (Å²) < 4.78 is 28.5. The molecule has 1 saturated heterocycles. The number of carbonyl (C=O) groups excluding carboxylic acids is 1. The minimum absolute atomic E-state index is 0.134. The highest BCUT2D eigenvalue weighted by Gasteiger charge is 2.25. The van der Waals surface area contributed by atoms with E-state index in [0.29, 0.717) is 16.9 Å². The van der Waals surface area contributed by atoms with Gasteiger partial charge in [0.1, 0.15) is 4.90 Å². The van der Waals surface area contributed by atoms with E-state index in [1.807, 2.05) is 49.5 Å². The lowest BCUT2D eigenvalue weighted by atomic mass is 10.1. The first kappa shape index (κ1) is 22.3. The number of nitrogens with one attached hydrogen (secondary N) is 2. The highest BCUT2D eigenvalue weighted by molar-refractivity contribution is 7.89. The summed E-state index contributed by atoms with van der Waals surface area (Å²) in [6.07, 6.45) is 0. The van der Waals surface area contributed by atoms with E-state index in [1.165, 1.54) is 6.07 Å². The predicted octanol–water partition coefficient (Wildman–Crippen LogP) is 3.14. The zero-order valence-corrected chi connectivity index (χ0v) is 19.2. The molecule has 0 unspecified atom stereocenters. The van der Waals surface area contributed by atoms with Gasteiger partial charge in [-0.2, -0.15) is 0 Å². The normalized spacial score (nSPS) is 15.1. The summed E-state index contributed by atoms with van der Waals surface area (Å²) in [5.41, 5.74) is 1.61. The summed E-state index contributed by atoms with van der Waals surface area (Å²) in [6, 6.07) is 18.4. The third-order valence-electron chi connectivity index (χ3n) is 5.73. The first-order valence-corrected chi connectivity index (χ1v) is 12.2. The van der Waals surface area contributed by atoms with Crippen molar-refractivity contribution >= 4 is 38.1 Å². The van der Waals surface area contributed by atoms with Crippen LogP contribution in [0.15, 0.2) is 65.6 Å². The fraction of sp³-hybridized carbons (Fsp3) is 0.292. The van der Waals surface area contributed by atoms with Gasteiger partial charge in [-0.15, -0.1) is 0 Å². The average molecular weight is 453 g/mol. The van der Waals surface area contributed by atoms with E-state index in [2.05, 4.69) is 19.8 Å². The lowest BCUT2D eigenvalue weighted by molar-refractivity contribution is 0.102. The largest absolute Gasteiger partial charge is 0.368 e. The lowest BCUT2D eigenvalue weighted by Crippen LogP contribution is -2.45. The molecule has 3 aromatic rings. The molecular formula is C24H28N4O3S. The third kappa shape index (κ3) is 4.62. The quantitative estimate of drug-likeness (QED) is 0.601. The zero-order valence-electron chi connectivity index (χ0n) is 18.3. The van der Waals surface area contributed by atoms with Crippen molar-refractivity contribution in [3.63, 3.8) is 0 Å². The van der Waals surface area contributed by atoms with Crippen molar-refractivity contribution in [2.75, 3.05) is 50.0 Å². The van der Waals surface area contributed by atoms with Crippen LogP contribution in [0.4, 0.5) is 11.4 Å². The van der Waals surface area contributed by atoms with Crippen LogP contribution in [0.3, 0.4) is 0 Å². The number of anilines is 2. The van der Waals surface area contributed by atoms with Gasteiger partial charge in [0.25, 0.3) is 5.91 Å². The predicted molar refractivity (Wildman–Crippen MR) is 129 cm³/mol.